The quantitative estimate of drug-likeness (QED) is 0.905. The Kier molecular flexibility index (Phi) is 3.58. The molecule has 0 radical (unpaired) electrons. The molecule has 18 heavy (non-hydrogen) atoms. The standard InChI is InChI=1S/C11H10ClNO4S/c12-8-1-3-9(4-2-8)13-11(14)17-10-5-6-18(15,16)7-10/h1-6,10H,7H2,(H,13,14). The van der Waals surface area contributed by atoms with Crippen molar-refractivity contribution >= 4 is 33.2 Å². The van der Waals surface area contributed by atoms with E-state index in [2.05, 4.69) is 5.32 Å². The van der Waals surface area contributed by atoms with Crippen molar-refractivity contribution in [2.75, 3.05) is 11.1 Å². The fourth-order valence-corrected chi connectivity index (χ4v) is 2.73. The molecular formula is C11H10ClNO4S. The monoisotopic (exact) mass is 287 g/mol. The largest absolute Gasteiger partial charge is 0.441 e. The van der Waals surface area contributed by atoms with E-state index in [1.54, 1.807) is 24.3 Å². The molecule has 1 aromatic rings. The molecule has 7 heteroatoms. The first kappa shape index (κ1) is 12.9. The number of hydrogen-bond acceptors (Lipinski definition) is 4. The zero-order valence-electron chi connectivity index (χ0n) is 9.17. The number of carbonyl (C=O) groups excluding carboxylic acids is 1. The van der Waals surface area contributed by atoms with Gasteiger partial charge in [0, 0.05) is 16.1 Å². The highest BCUT2D eigenvalue weighted by molar-refractivity contribution is 7.94. The van der Waals surface area contributed by atoms with Gasteiger partial charge < -0.3 is 4.74 Å². The zero-order valence-corrected chi connectivity index (χ0v) is 10.7. The fraction of sp³-hybridized carbons (Fsp3) is 0.182. The maximum atomic E-state index is 11.5. The van der Waals surface area contributed by atoms with Crippen LogP contribution in [0.15, 0.2) is 35.7 Å². The van der Waals surface area contributed by atoms with Gasteiger partial charge in [0.15, 0.2) is 9.84 Å². The third-order valence-corrected chi connectivity index (χ3v) is 3.86. The number of sulfone groups is 1. The molecule has 1 aromatic carbocycles. The predicted molar refractivity (Wildman–Crippen MR) is 68.3 cm³/mol. The van der Waals surface area contributed by atoms with Gasteiger partial charge in [0.05, 0.1) is 5.75 Å². The maximum Gasteiger partial charge on any atom is 0.412 e. The Morgan fingerprint density at radius 1 is 1.33 bits per heavy atom. The van der Waals surface area contributed by atoms with E-state index in [9.17, 15) is 13.2 Å². The molecule has 96 valence electrons. The Hall–Kier alpha value is -1.53. The summed E-state index contributed by atoms with van der Waals surface area (Å²) in [5.41, 5.74) is 0.522. The topological polar surface area (TPSA) is 72.5 Å². The Bertz CT molecular complexity index is 580. The molecule has 2 rings (SSSR count). The normalized spacial score (nSPS) is 20.6. The second-order valence-electron chi connectivity index (χ2n) is 3.73. The SMILES string of the molecule is O=C(Nc1ccc(Cl)cc1)OC1C=CS(=O)(=O)C1. The van der Waals surface area contributed by atoms with Crippen molar-refractivity contribution in [3.8, 4) is 0 Å². The summed E-state index contributed by atoms with van der Waals surface area (Å²) in [5.74, 6) is -0.207. The summed E-state index contributed by atoms with van der Waals surface area (Å²) >= 11 is 5.70. The third-order valence-electron chi connectivity index (χ3n) is 2.25. The summed E-state index contributed by atoms with van der Waals surface area (Å²) < 4.78 is 27.1. The smallest absolute Gasteiger partial charge is 0.412 e. The molecule has 0 saturated heterocycles. The van der Waals surface area contributed by atoms with Crippen LogP contribution in [0.25, 0.3) is 0 Å². The van der Waals surface area contributed by atoms with E-state index in [4.69, 9.17) is 16.3 Å². The first-order valence-corrected chi connectivity index (χ1v) is 7.18. The average molecular weight is 288 g/mol. The molecule has 1 aliphatic rings. The number of benzene rings is 1. The molecule has 0 bridgehead atoms. The van der Waals surface area contributed by atoms with Gasteiger partial charge in [0.25, 0.3) is 0 Å². The lowest BCUT2D eigenvalue weighted by atomic mass is 10.3. The summed E-state index contributed by atoms with van der Waals surface area (Å²) in [4.78, 5) is 11.5. The number of halogens is 1. The minimum absolute atomic E-state index is 0.207. The zero-order chi connectivity index (χ0) is 13.2. The molecule has 0 fully saturated rings. The van der Waals surface area contributed by atoms with E-state index in [0.29, 0.717) is 10.7 Å². The maximum absolute atomic E-state index is 11.5. The number of carbonyl (C=O) groups is 1. The van der Waals surface area contributed by atoms with Crippen LogP contribution in [-0.4, -0.2) is 26.4 Å². The van der Waals surface area contributed by atoms with E-state index < -0.39 is 22.0 Å². The van der Waals surface area contributed by atoms with Gasteiger partial charge in [0.2, 0.25) is 0 Å². The van der Waals surface area contributed by atoms with Crippen molar-refractivity contribution in [2.45, 2.75) is 6.10 Å². The van der Waals surface area contributed by atoms with Gasteiger partial charge >= 0.3 is 6.09 Å². The lowest BCUT2D eigenvalue weighted by molar-refractivity contribution is 0.144. The van der Waals surface area contributed by atoms with Gasteiger partial charge in [-0.2, -0.15) is 0 Å². The van der Waals surface area contributed by atoms with Crippen LogP contribution < -0.4 is 5.32 Å². The molecule has 0 saturated carbocycles. The molecule has 1 N–H and O–H groups in total. The number of rotatable bonds is 2. The molecular weight excluding hydrogens is 278 g/mol. The minimum Gasteiger partial charge on any atom is -0.441 e. The van der Waals surface area contributed by atoms with Crippen LogP contribution >= 0.6 is 11.6 Å². The molecule has 5 nitrogen and oxygen atoms in total. The second-order valence-corrected chi connectivity index (χ2v) is 6.10. The van der Waals surface area contributed by atoms with Gasteiger partial charge in [-0.15, -0.1) is 0 Å². The summed E-state index contributed by atoms with van der Waals surface area (Å²) in [6.07, 6.45) is -0.0945. The van der Waals surface area contributed by atoms with Crippen LogP contribution in [0.2, 0.25) is 5.02 Å². The van der Waals surface area contributed by atoms with E-state index in [1.165, 1.54) is 6.08 Å². The highest BCUT2D eigenvalue weighted by atomic mass is 35.5. The van der Waals surface area contributed by atoms with Crippen molar-refractivity contribution in [3.63, 3.8) is 0 Å². The van der Waals surface area contributed by atoms with Crippen molar-refractivity contribution < 1.29 is 17.9 Å². The number of anilines is 1. The van der Waals surface area contributed by atoms with Crippen LogP contribution in [-0.2, 0) is 14.6 Å². The number of ether oxygens (including phenoxy) is 1. The van der Waals surface area contributed by atoms with Crippen LogP contribution in [0.3, 0.4) is 0 Å². The fourth-order valence-electron chi connectivity index (χ4n) is 1.44. The van der Waals surface area contributed by atoms with Gasteiger partial charge in [-0.1, -0.05) is 11.6 Å². The Morgan fingerprint density at radius 2 is 2.00 bits per heavy atom. The lowest BCUT2D eigenvalue weighted by Crippen LogP contribution is -2.23. The van der Waals surface area contributed by atoms with Gasteiger partial charge in [-0.05, 0) is 30.3 Å². The Morgan fingerprint density at radius 3 is 2.56 bits per heavy atom. The average Bonchev–Trinajstić information content (AvgIpc) is 2.61. The van der Waals surface area contributed by atoms with Gasteiger partial charge in [0.1, 0.15) is 6.10 Å². The molecule has 1 aliphatic heterocycles. The minimum atomic E-state index is -3.22. The van der Waals surface area contributed by atoms with Crippen molar-refractivity contribution in [1.29, 1.82) is 0 Å². The summed E-state index contributed by atoms with van der Waals surface area (Å²) in [5, 5.41) is 4.08. The van der Waals surface area contributed by atoms with Gasteiger partial charge in [-0.25, -0.2) is 13.2 Å². The van der Waals surface area contributed by atoms with Crippen LogP contribution in [0, 0.1) is 0 Å². The number of nitrogens with one attached hydrogen (secondary N) is 1. The summed E-state index contributed by atoms with van der Waals surface area (Å²) in [6, 6.07) is 6.48. The van der Waals surface area contributed by atoms with Crippen LogP contribution in [0.4, 0.5) is 10.5 Å². The number of amides is 1. The number of hydrogen-bond donors (Lipinski definition) is 1. The Balaban J connectivity index is 1.90. The van der Waals surface area contributed by atoms with Crippen molar-refractivity contribution in [2.24, 2.45) is 0 Å². The molecule has 0 aliphatic carbocycles. The van der Waals surface area contributed by atoms with Crippen molar-refractivity contribution in [3.05, 3.63) is 40.8 Å². The van der Waals surface area contributed by atoms with Crippen LogP contribution in [0.5, 0.6) is 0 Å². The molecule has 1 atom stereocenters. The Labute approximate surface area is 109 Å². The van der Waals surface area contributed by atoms with Crippen molar-refractivity contribution in [1.82, 2.24) is 0 Å². The van der Waals surface area contributed by atoms with E-state index >= 15 is 0 Å². The van der Waals surface area contributed by atoms with E-state index in [1.807, 2.05) is 0 Å². The summed E-state index contributed by atoms with van der Waals surface area (Å²) in [6.45, 7) is 0. The predicted octanol–water partition coefficient (Wildman–Crippen LogP) is 2.20. The first-order valence-electron chi connectivity index (χ1n) is 5.09. The molecule has 1 unspecified atom stereocenters. The third kappa shape index (κ3) is 3.48. The molecule has 0 spiro atoms. The molecule has 1 amide bonds. The van der Waals surface area contributed by atoms with E-state index in [-0.39, 0.29) is 5.75 Å². The molecule has 0 aromatic heterocycles. The van der Waals surface area contributed by atoms with Gasteiger partial charge in [-0.3, -0.25) is 5.32 Å². The highest BCUT2D eigenvalue weighted by Gasteiger charge is 2.24. The van der Waals surface area contributed by atoms with E-state index in [0.717, 1.165) is 5.41 Å². The first-order chi connectivity index (χ1) is 8.44. The van der Waals surface area contributed by atoms with Crippen LogP contribution in [0.1, 0.15) is 0 Å². The molecule has 1 heterocycles. The lowest BCUT2D eigenvalue weighted by Gasteiger charge is -2.10. The highest BCUT2D eigenvalue weighted by Crippen LogP contribution is 2.15. The second kappa shape index (κ2) is 4.99. The summed E-state index contributed by atoms with van der Waals surface area (Å²) in [7, 11) is -3.22.